The monoisotopic (exact) mass is 461 g/mol. The Kier molecular flexibility index (Phi) is 7.90. The summed E-state index contributed by atoms with van der Waals surface area (Å²) in [4.78, 5) is 22.0. The third kappa shape index (κ3) is 7.30. The molecule has 0 unspecified atom stereocenters. The second-order valence-electron chi connectivity index (χ2n) is 7.49. The number of ether oxygens (including phenoxy) is 1. The third-order valence-corrected chi connectivity index (χ3v) is 4.73. The van der Waals surface area contributed by atoms with E-state index < -0.39 is 4.92 Å². The SMILES string of the molecule is CC(C)(C)c1ccc(OCCCC(=O)N/N=C/c2ccc([N+](=O)[O-])cc2)c(Br)c1. The van der Waals surface area contributed by atoms with Crippen molar-refractivity contribution in [2.24, 2.45) is 5.10 Å². The number of rotatable bonds is 8. The smallest absolute Gasteiger partial charge is 0.269 e. The topological polar surface area (TPSA) is 93.8 Å². The quantitative estimate of drug-likeness (QED) is 0.260. The molecule has 0 spiro atoms. The number of nitro groups is 1. The molecule has 0 heterocycles. The van der Waals surface area contributed by atoms with Crippen molar-refractivity contribution in [3.05, 3.63) is 68.2 Å². The van der Waals surface area contributed by atoms with Crippen molar-refractivity contribution in [3.63, 3.8) is 0 Å². The van der Waals surface area contributed by atoms with Crippen LogP contribution in [0.4, 0.5) is 5.69 Å². The van der Waals surface area contributed by atoms with E-state index in [0.717, 1.165) is 10.2 Å². The van der Waals surface area contributed by atoms with Gasteiger partial charge in [0, 0.05) is 18.6 Å². The van der Waals surface area contributed by atoms with Crippen molar-refractivity contribution in [2.45, 2.75) is 39.0 Å². The zero-order valence-electron chi connectivity index (χ0n) is 16.6. The number of hydrogen-bond acceptors (Lipinski definition) is 5. The summed E-state index contributed by atoms with van der Waals surface area (Å²) in [5.41, 5.74) is 4.37. The fourth-order valence-electron chi connectivity index (χ4n) is 2.42. The van der Waals surface area contributed by atoms with Gasteiger partial charge >= 0.3 is 0 Å². The van der Waals surface area contributed by atoms with E-state index in [0.29, 0.717) is 18.6 Å². The lowest BCUT2D eigenvalue weighted by atomic mass is 9.87. The molecule has 29 heavy (non-hydrogen) atoms. The second-order valence-corrected chi connectivity index (χ2v) is 8.34. The Morgan fingerprint density at radius 2 is 1.93 bits per heavy atom. The maximum absolute atomic E-state index is 11.8. The van der Waals surface area contributed by atoms with Gasteiger partial charge in [-0.05, 0) is 63.2 Å². The average Bonchev–Trinajstić information content (AvgIpc) is 2.66. The molecule has 154 valence electrons. The highest BCUT2D eigenvalue weighted by Gasteiger charge is 2.15. The van der Waals surface area contributed by atoms with Crippen LogP contribution in [0.5, 0.6) is 5.75 Å². The lowest BCUT2D eigenvalue weighted by Crippen LogP contribution is -2.18. The number of amides is 1. The van der Waals surface area contributed by atoms with Gasteiger partial charge < -0.3 is 4.74 Å². The van der Waals surface area contributed by atoms with Gasteiger partial charge in [-0.2, -0.15) is 5.10 Å². The number of nitro benzene ring substituents is 1. The molecule has 0 aromatic heterocycles. The number of benzene rings is 2. The van der Waals surface area contributed by atoms with Gasteiger partial charge in [-0.15, -0.1) is 0 Å². The fourth-order valence-corrected chi connectivity index (χ4v) is 2.91. The van der Waals surface area contributed by atoms with Crippen LogP contribution in [-0.2, 0) is 10.2 Å². The maximum Gasteiger partial charge on any atom is 0.269 e. The first-order valence-corrected chi connectivity index (χ1v) is 9.95. The van der Waals surface area contributed by atoms with Gasteiger partial charge in [0.1, 0.15) is 5.75 Å². The van der Waals surface area contributed by atoms with Crippen LogP contribution in [0, 0.1) is 10.1 Å². The van der Waals surface area contributed by atoms with Gasteiger partial charge in [0.05, 0.1) is 22.2 Å². The largest absolute Gasteiger partial charge is 0.492 e. The molecule has 2 rings (SSSR count). The van der Waals surface area contributed by atoms with Crippen molar-refractivity contribution >= 4 is 33.7 Å². The lowest BCUT2D eigenvalue weighted by molar-refractivity contribution is -0.384. The van der Waals surface area contributed by atoms with Crippen molar-refractivity contribution in [1.82, 2.24) is 5.43 Å². The zero-order valence-corrected chi connectivity index (χ0v) is 18.2. The standard InChI is InChI=1S/C21H24BrN3O4/c1-21(2,3)16-8-11-19(18(22)13-16)29-12-4-5-20(26)24-23-14-15-6-9-17(10-7-15)25(27)28/h6-11,13-14H,4-5,12H2,1-3H3,(H,24,26)/b23-14+. The van der Waals surface area contributed by atoms with Crippen LogP contribution in [0.15, 0.2) is 52.0 Å². The normalized spacial score (nSPS) is 11.4. The van der Waals surface area contributed by atoms with E-state index >= 15 is 0 Å². The predicted octanol–water partition coefficient (Wildman–Crippen LogP) is 4.96. The van der Waals surface area contributed by atoms with E-state index in [-0.39, 0.29) is 23.4 Å². The summed E-state index contributed by atoms with van der Waals surface area (Å²) in [5, 5.41) is 14.5. The Labute approximate surface area is 178 Å². The van der Waals surface area contributed by atoms with Gasteiger partial charge in [-0.1, -0.05) is 26.8 Å². The molecule has 0 atom stereocenters. The Morgan fingerprint density at radius 1 is 1.24 bits per heavy atom. The van der Waals surface area contributed by atoms with Crippen molar-refractivity contribution in [2.75, 3.05) is 6.61 Å². The first-order valence-electron chi connectivity index (χ1n) is 9.16. The van der Waals surface area contributed by atoms with Crippen molar-refractivity contribution in [1.29, 1.82) is 0 Å². The Morgan fingerprint density at radius 3 is 2.52 bits per heavy atom. The molecule has 2 aromatic carbocycles. The van der Waals surface area contributed by atoms with Gasteiger partial charge in [-0.25, -0.2) is 5.43 Å². The molecule has 0 aliphatic rings. The van der Waals surface area contributed by atoms with Crippen molar-refractivity contribution in [3.8, 4) is 5.75 Å². The summed E-state index contributed by atoms with van der Waals surface area (Å²) in [5.74, 6) is 0.517. The molecular weight excluding hydrogens is 438 g/mol. The highest BCUT2D eigenvalue weighted by Crippen LogP contribution is 2.31. The summed E-state index contributed by atoms with van der Waals surface area (Å²) in [6.07, 6.45) is 2.26. The highest BCUT2D eigenvalue weighted by atomic mass is 79.9. The molecule has 0 saturated carbocycles. The molecule has 1 N–H and O–H groups in total. The van der Waals surface area contributed by atoms with Crippen LogP contribution in [0.3, 0.4) is 0 Å². The lowest BCUT2D eigenvalue weighted by Gasteiger charge is -2.20. The average molecular weight is 462 g/mol. The van der Waals surface area contributed by atoms with E-state index in [4.69, 9.17) is 4.74 Å². The molecule has 0 saturated heterocycles. The number of nitrogens with zero attached hydrogens (tertiary/aromatic N) is 2. The molecule has 2 aromatic rings. The number of non-ortho nitro benzene ring substituents is 1. The molecule has 0 fully saturated rings. The van der Waals surface area contributed by atoms with E-state index in [2.05, 4.69) is 53.3 Å². The fraction of sp³-hybridized carbons (Fsp3) is 0.333. The number of nitrogens with one attached hydrogen (secondary N) is 1. The first kappa shape index (κ1) is 22.5. The minimum Gasteiger partial charge on any atom is -0.492 e. The zero-order chi connectivity index (χ0) is 21.4. The second kappa shape index (κ2) is 10.2. The Hall–Kier alpha value is -2.74. The summed E-state index contributed by atoms with van der Waals surface area (Å²) in [6.45, 7) is 6.86. The number of carbonyl (C=O) groups is 1. The summed E-state index contributed by atoms with van der Waals surface area (Å²) < 4.78 is 6.63. The summed E-state index contributed by atoms with van der Waals surface area (Å²) in [6, 6.07) is 11.9. The van der Waals surface area contributed by atoms with Crippen LogP contribution < -0.4 is 10.2 Å². The Balaban J connectivity index is 1.72. The minimum atomic E-state index is -0.470. The molecule has 0 aliphatic heterocycles. The van der Waals surface area contributed by atoms with Crippen LogP contribution in [0.1, 0.15) is 44.7 Å². The van der Waals surface area contributed by atoms with E-state index in [1.165, 1.54) is 23.9 Å². The van der Waals surface area contributed by atoms with Crippen LogP contribution >= 0.6 is 15.9 Å². The number of carbonyl (C=O) groups excluding carboxylic acids is 1. The number of hydrogen-bond donors (Lipinski definition) is 1. The van der Waals surface area contributed by atoms with E-state index in [1.54, 1.807) is 12.1 Å². The Bertz CT molecular complexity index is 890. The van der Waals surface area contributed by atoms with Crippen molar-refractivity contribution < 1.29 is 14.5 Å². The molecule has 0 radical (unpaired) electrons. The van der Waals surface area contributed by atoms with Gasteiger partial charge in [0.2, 0.25) is 5.91 Å². The maximum atomic E-state index is 11.8. The van der Waals surface area contributed by atoms with Crippen LogP contribution in [0.25, 0.3) is 0 Å². The molecule has 7 nitrogen and oxygen atoms in total. The van der Waals surface area contributed by atoms with E-state index in [9.17, 15) is 14.9 Å². The first-order chi connectivity index (χ1) is 13.7. The summed E-state index contributed by atoms with van der Waals surface area (Å²) in [7, 11) is 0. The third-order valence-electron chi connectivity index (χ3n) is 4.11. The molecular formula is C21H24BrN3O4. The van der Waals surface area contributed by atoms with Crippen LogP contribution in [-0.4, -0.2) is 23.7 Å². The molecule has 8 heteroatoms. The molecule has 0 bridgehead atoms. The van der Waals surface area contributed by atoms with Gasteiger partial charge in [-0.3, -0.25) is 14.9 Å². The predicted molar refractivity (Wildman–Crippen MR) is 116 cm³/mol. The van der Waals surface area contributed by atoms with Crippen LogP contribution in [0.2, 0.25) is 0 Å². The summed E-state index contributed by atoms with van der Waals surface area (Å²) >= 11 is 3.53. The minimum absolute atomic E-state index is 0.00543. The highest BCUT2D eigenvalue weighted by molar-refractivity contribution is 9.10. The van der Waals surface area contributed by atoms with Gasteiger partial charge in [0.15, 0.2) is 0 Å². The molecule has 0 aliphatic carbocycles. The van der Waals surface area contributed by atoms with Gasteiger partial charge in [0.25, 0.3) is 5.69 Å². The molecule has 1 amide bonds. The van der Waals surface area contributed by atoms with E-state index in [1.807, 2.05) is 12.1 Å². The number of halogens is 1. The number of hydrazone groups is 1.